The molecule has 1 heterocycles. The van der Waals surface area contributed by atoms with Crippen LogP contribution >= 0.6 is 23.1 Å². The van der Waals surface area contributed by atoms with Gasteiger partial charge in [-0.25, -0.2) is 8.42 Å². The number of sulfonamides is 1. The van der Waals surface area contributed by atoms with Crippen LogP contribution in [0.3, 0.4) is 0 Å². The molecule has 1 aromatic heterocycles. The van der Waals surface area contributed by atoms with Gasteiger partial charge in [0, 0.05) is 5.25 Å². The van der Waals surface area contributed by atoms with E-state index in [0.29, 0.717) is 16.1 Å². The van der Waals surface area contributed by atoms with Gasteiger partial charge in [-0.05, 0) is 24.1 Å². The molecule has 0 saturated heterocycles. The van der Waals surface area contributed by atoms with Gasteiger partial charge in [0.2, 0.25) is 21.1 Å². The third kappa shape index (κ3) is 5.96. The fraction of sp³-hybridized carbons (Fsp3) is 0.438. The van der Waals surface area contributed by atoms with E-state index in [9.17, 15) is 13.2 Å². The molecular formula is C16H22N4O3S3. The van der Waals surface area contributed by atoms with Gasteiger partial charge in [0.25, 0.3) is 0 Å². The Hall–Kier alpha value is -1.65. The fourth-order valence-electron chi connectivity index (χ4n) is 2.10. The first kappa shape index (κ1) is 20.7. The van der Waals surface area contributed by atoms with Crippen LogP contribution in [0.4, 0.5) is 10.8 Å². The molecule has 2 rings (SSSR count). The van der Waals surface area contributed by atoms with Gasteiger partial charge < -0.3 is 0 Å². The number of hydrogen-bond acceptors (Lipinski definition) is 7. The quantitative estimate of drug-likeness (QED) is 0.527. The first-order chi connectivity index (χ1) is 12.2. The number of benzene rings is 1. The zero-order valence-corrected chi connectivity index (χ0v) is 17.5. The second-order valence-electron chi connectivity index (χ2n) is 5.88. The average Bonchev–Trinajstić information content (AvgIpc) is 2.98. The lowest BCUT2D eigenvalue weighted by molar-refractivity contribution is -0.114. The second kappa shape index (κ2) is 8.83. The Labute approximate surface area is 162 Å². The minimum atomic E-state index is -3.60. The molecule has 0 aliphatic heterocycles. The summed E-state index contributed by atoms with van der Waals surface area (Å²) in [6, 6.07) is 7.11. The lowest BCUT2D eigenvalue weighted by Gasteiger charge is -2.21. The molecule has 0 fully saturated rings. The summed E-state index contributed by atoms with van der Waals surface area (Å²) in [6.07, 6.45) is 1.93. The molecule has 0 bridgehead atoms. The van der Waals surface area contributed by atoms with E-state index in [2.05, 4.69) is 15.5 Å². The van der Waals surface area contributed by atoms with Crippen molar-refractivity contribution >= 4 is 49.8 Å². The number of anilines is 2. The highest BCUT2D eigenvalue weighted by Crippen LogP contribution is 2.28. The molecule has 1 N–H and O–H groups in total. The summed E-state index contributed by atoms with van der Waals surface area (Å²) in [5.74, 6) is -0.466. The van der Waals surface area contributed by atoms with E-state index in [1.54, 1.807) is 23.9 Å². The predicted octanol–water partition coefficient (Wildman–Crippen LogP) is 3.01. The maximum atomic E-state index is 12.3. The van der Waals surface area contributed by atoms with Crippen molar-refractivity contribution < 1.29 is 13.2 Å². The number of amides is 1. The van der Waals surface area contributed by atoms with Crippen molar-refractivity contribution in [3.05, 3.63) is 29.8 Å². The van der Waals surface area contributed by atoms with Gasteiger partial charge in [-0.1, -0.05) is 56.0 Å². The molecule has 0 atom stereocenters. The van der Waals surface area contributed by atoms with Gasteiger partial charge in [0.05, 0.1) is 11.9 Å². The van der Waals surface area contributed by atoms with Crippen molar-refractivity contribution in [3.63, 3.8) is 0 Å². The van der Waals surface area contributed by atoms with Crippen molar-refractivity contribution in [2.75, 3.05) is 22.4 Å². The Balaban J connectivity index is 2.10. The molecule has 1 amide bonds. The van der Waals surface area contributed by atoms with Crippen molar-refractivity contribution in [1.29, 1.82) is 0 Å². The molecule has 26 heavy (non-hydrogen) atoms. The summed E-state index contributed by atoms with van der Waals surface area (Å²) < 4.78 is 26.1. The van der Waals surface area contributed by atoms with Gasteiger partial charge in [0.1, 0.15) is 6.54 Å². The third-order valence-electron chi connectivity index (χ3n) is 3.31. The topological polar surface area (TPSA) is 92.3 Å². The Bertz CT molecular complexity index is 848. The molecule has 0 spiro atoms. The smallest absolute Gasteiger partial charge is 0.246 e. The van der Waals surface area contributed by atoms with Gasteiger partial charge in [-0.3, -0.25) is 14.4 Å². The monoisotopic (exact) mass is 414 g/mol. The molecular weight excluding hydrogens is 392 g/mol. The molecule has 0 aliphatic rings. The molecule has 0 saturated carbocycles. The number of thioether (sulfide) groups is 1. The van der Waals surface area contributed by atoms with Crippen molar-refractivity contribution in [1.82, 2.24) is 10.2 Å². The molecule has 0 radical (unpaired) electrons. The van der Waals surface area contributed by atoms with Crippen molar-refractivity contribution in [2.45, 2.75) is 36.8 Å². The maximum absolute atomic E-state index is 12.3. The molecule has 0 aliphatic carbocycles. The summed E-state index contributed by atoms with van der Waals surface area (Å²) in [4.78, 5) is 12.3. The zero-order chi connectivity index (χ0) is 19.3. The zero-order valence-electron chi connectivity index (χ0n) is 15.1. The van der Waals surface area contributed by atoms with Crippen LogP contribution < -0.4 is 9.62 Å². The van der Waals surface area contributed by atoms with Crippen LogP contribution in [0.15, 0.2) is 28.6 Å². The van der Waals surface area contributed by atoms with Crippen LogP contribution in [0, 0.1) is 0 Å². The first-order valence-electron chi connectivity index (χ1n) is 8.05. The predicted molar refractivity (Wildman–Crippen MR) is 108 cm³/mol. The van der Waals surface area contributed by atoms with E-state index < -0.39 is 15.9 Å². The average molecular weight is 415 g/mol. The number of carbonyl (C=O) groups excluding carboxylic acids is 1. The number of nitrogens with zero attached hydrogens (tertiary/aromatic N) is 3. The van der Waals surface area contributed by atoms with E-state index in [1.807, 2.05) is 32.9 Å². The third-order valence-corrected chi connectivity index (χ3v) is 6.38. The Morgan fingerprint density at radius 2 is 1.92 bits per heavy atom. The van der Waals surface area contributed by atoms with Gasteiger partial charge >= 0.3 is 0 Å². The lowest BCUT2D eigenvalue weighted by atomic mass is 10.1. The number of rotatable bonds is 8. The summed E-state index contributed by atoms with van der Waals surface area (Å²) >= 11 is 2.82. The van der Waals surface area contributed by atoms with Crippen LogP contribution in [0.2, 0.25) is 0 Å². The van der Waals surface area contributed by atoms with E-state index >= 15 is 0 Å². The van der Waals surface area contributed by atoms with Crippen molar-refractivity contribution in [3.8, 4) is 0 Å². The number of hydrogen-bond donors (Lipinski definition) is 1. The highest BCUT2D eigenvalue weighted by Gasteiger charge is 2.21. The number of nitrogens with one attached hydrogen (secondary N) is 1. The van der Waals surface area contributed by atoms with Gasteiger partial charge in [-0.2, -0.15) is 0 Å². The minimum Gasteiger partial charge on any atom is -0.299 e. The Kier molecular flexibility index (Phi) is 7.01. The van der Waals surface area contributed by atoms with E-state index in [0.717, 1.165) is 26.9 Å². The van der Waals surface area contributed by atoms with Crippen LogP contribution in [0.5, 0.6) is 0 Å². The van der Waals surface area contributed by atoms with E-state index in [4.69, 9.17) is 0 Å². The fourth-order valence-corrected chi connectivity index (χ4v) is 4.94. The molecule has 0 unspecified atom stereocenters. The molecule has 1 aromatic carbocycles. The van der Waals surface area contributed by atoms with Gasteiger partial charge in [0.15, 0.2) is 4.34 Å². The molecule has 7 nitrogen and oxygen atoms in total. The molecule has 142 valence electrons. The first-order valence-corrected chi connectivity index (χ1v) is 11.6. The van der Waals surface area contributed by atoms with Crippen LogP contribution in [0.25, 0.3) is 0 Å². The van der Waals surface area contributed by atoms with E-state index in [-0.39, 0.29) is 6.54 Å². The van der Waals surface area contributed by atoms with Gasteiger partial charge in [-0.15, -0.1) is 10.2 Å². The van der Waals surface area contributed by atoms with Crippen LogP contribution in [-0.2, 0) is 21.2 Å². The van der Waals surface area contributed by atoms with Crippen LogP contribution in [0.1, 0.15) is 26.3 Å². The Morgan fingerprint density at radius 3 is 2.46 bits per heavy atom. The SMILES string of the molecule is CCc1ccc(N(CC(=O)Nc2nnc(SC(C)C)s2)S(C)(=O)=O)cc1. The Morgan fingerprint density at radius 1 is 1.27 bits per heavy atom. The lowest BCUT2D eigenvalue weighted by Crippen LogP contribution is -2.37. The normalized spacial score (nSPS) is 11.6. The standard InChI is InChI=1S/C16H22N4O3S3/c1-5-12-6-8-13(9-7-12)20(26(4,22)23)10-14(21)17-15-18-19-16(25-15)24-11(2)3/h6-9,11H,5,10H2,1-4H3,(H,17,18,21). The summed E-state index contributed by atoms with van der Waals surface area (Å²) in [6.45, 7) is 5.78. The largest absolute Gasteiger partial charge is 0.299 e. The highest BCUT2D eigenvalue weighted by molar-refractivity contribution is 8.01. The summed E-state index contributed by atoms with van der Waals surface area (Å²) in [5, 5.41) is 11.3. The second-order valence-corrected chi connectivity index (χ2v) is 10.6. The number of aryl methyl sites for hydroxylation is 1. The summed E-state index contributed by atoms with van der Waals surface area (Å²) in [7, 11) is -3.60. The molecule has 10 heteroatoms. The van der Waals surface area contributed by atoms with Crippen molar-refractivity contribution in [2.24, 2.45) is 0 Å². The minimum absolute atomic E-state index is 0.323. The summed E-state index contributed by atoms with van der Waals surface area (Å²) in [5.41, 5.74) is 1.55. The number of carbonyl (C=O) groups is 1. The molecule has 2 aromatic rings. The van der Waals surface area contributed by atoms with E-state index in [1.165, 1.54) is 11.3 Å². The highest BCUT2D eigenvalue weighted by atomic mass is 32.2. The maximum Gasteiger partial charge on any atom is 0.246 e. The number of aromatic nitrogens is 2. The van der Waals surface area contributed by atoms with Crippen LogP contribution in [-0.4, -0.2) is 42.6 Å².